The molecule has 0 fully saturated rings. The zero-order chi connectivity index (χ0) is 20.9. The first kappa shape index (κ1) is 20.6. The molecule has 0 aliphatic carbocycles. The van der Waals surface area contributed by atoms with Crippen LogP contribution in [-0.2, 0) is 13.0 Å². The Morgan fingerprint density at radius 3 is 2.60 bits per heavy atom. The Morgan fingerprint density at radius 2 is 1.80 bits per heavy atom. The highest BCUT2D eigenvalue weighted by atomic mass is 35.5. The van der Waals surface area contributed by atoms with Crippen LogP contribution in [0.25, 0.3) is 0 Å². The lowest BCUT2D eigenvalue weighted by Gasteiger charge is -2.28. The number of para-hydroxylation sites is 2. The zero-order valence-corrected chi connectivity index (χ0v) is 18.2. The highest BCUT2D eigenvalue weighted by Crippen LogP contribution is 2.40. The lowest BCUT2D eigenvalue weighted by atomic mass is 10.1. The quantitative estimate of drug-likeness (QED) is 0.498. The SMILES string of the molecule is COc1ccc(CCN(C)CCN2c3cc(Cl)ccc3COc3ccccc32)cc1. The van der Waals surface area contributed by atoms with Crippen molar-refractivity contribution in [2.24, 2.45) is 0 Å². The zero-order valence-electron chi connectivity index (χ0n) is 17.5. The second-order valence-electron chi connectivity index (χ2n) is 7.58. The molecule has 4 rings (SSSR count). The molecule has 0 spiro atoms. The third kappa shape index (κ3) is 4.72. The van der Waals surface area contributed by atoms with E-state index in [4.69, 9.17) is 21.1 Å². The summed E-state index contributed by atoms with van der Waals surface area (Å²) in [7, 11) is 3.86. The van der Waals surface area contributed by atoms with Crippen molar-refractivity contribution >= 4 is 23.0 Å². The van der Waals surface area contributed by atoms with Crippen LogP contribution in [-0.4, -0.2) is 38.7 Å². The maximum Gasteiger partial charge on any atom is 0.143 e. The highest BCUT2D eigenvalue weighted by Gasteiger charge is 2.22. The predicted molar refractivity (Wildman–Crippen MR) is 123 cm³/mol. The molecule has 3 aromatic rings. The summed E-state index contributed by atoms with van der Waals surface area (Å²) >= 11 is 6.34. The molecule has 30 heavy (non-hydrogen) atoms. The lowest BCUT2D eigenvalue weighted by Crippen LogP contribution is -2.32. The van der Waals surface area contributed by atoms with Gasteiger partial charge in [0, 0.05) is 35.9 Å². The van der Waals surface area contributed by atoms with Gasteiger partial charge in [0.15, 0.2) is 0 Å². The number of ether oxygens (including phenoxy) is 2. The number of hydrogen-bond acceptors (Lipinski definition) is 4. The van der Waals surface area contributed by atoms with Crippen LogP contribution in [0.4, 0.5) is 11.4 Å². The van der Waals surface area contributed by atoms with Gasteiger partial charge in [-0.3, -0.25) is 0 Å². The van der Waals surface area contributed by atoms with Gasteiger partial charge < -0.3 is 19.3 Å². The number of methoxy groups -OCH3 is 1. The van der Waals surface area contributed by atoms with Crippen LogP contribution in [0.3, 0.4) is 0 Å². The van der Waals surface area contributed by atoms with Crippen LogP contribution in [0, 0.1) is 0 Å². The molecule has 0 saturated heterocycles. The van der Waals surface area contributed by atoms with Crippen molar-refractivity contribution < 1.29 is 9.47 Å². The van der Waals surface area contributed by atoms with Crippen LogP contribution < -0.4 is 14.4 Å². The number of hydrogen-bond donors (Lipinski definition) is 0. The fourth-order valence-electron chi connectivity index (χ4n) is 3.73. The second-order valence-corrected chi connectivity index (χ2v) is 8.02. The molecule has 0 radical (unpaired) electrons. The summed E-state index contributed by atoms with van der Waals surface area (Å²) < 4.78 is 11.3. The van der Waals surface area contributed by atoms with Gasteiger partial charge in [-0.05, 0) is 55.4 Å². The molecule has 0 N–H and O–H groups in total. The van der Waals surface area contributed by atoms with E-state index >= 15 is 0 Å². The van der Waals surface area contributed by atoms with Crippen molar-refractivity contribution in [2.45, 2.75) is 13.0 Å². The van der Waals surface area contributed by atoms with Crippen molar-refractivity contribution in [1.29, 1.82) is 0 Å². The summed E-state index contributed by atoms with van der Waals surface area (Å²) in [5.41, 5.74) is 4.67. The highest BCUT2D eigenvalue weighted by molar-refractivity contribution is 6.30. The summed E-state index contributed by atoms with van der Waals surface area (Å²) in [6, 6.07) is 22.5. The van der Waals surface area contributed by atoms with E-state index < -0.39 is 0 Å². The van der Waals surface area contributed by atoms with E-state index in [9.17, 15) is 0 Å². The minimum Gasteiger partial charge on any atom is -0.497 e. The predicted octanol–water partition coefficient (Wildman–Crippen LogP) is 5.55. The Hall–Kier alpha value is -2.69. The van der Waals surface area contributed by atoms with E-state index in [0.717, 1.165) is 59.5 Å². The molecule has 0 amide bonds. The average molecular weight is 423 g/mol. The maximum absolute atomic E-state index is 6.34. The van der Waals surface area contributed by atoms with Crippen molar-refractivity contribution in [3.8, 4) is 11.5 Å². The molecule has 0 saturated carbocycles. The number of fused-ring (bicyclic) bond motifs is 2. The minimum absolute atomic E-state index is 0.549. The molecule has 156 valence electrons. The summed E-state index contributed by atoms with van der Waals surface area (Å²) in [6.45, 7) is 3.32. The fourth-order valence-corrected chi connectivity index (χ4v) is 3.90. The molecular weight excluding hydrogens is 396 g/mol. The topological polar surface area (TPSA) is 24.9 Å². The van der Waals surface area contributed by atoms with Crippen LogP contribution in [0.5, 0.6) is 11.5 Å². The Bertz CT molecular complexity index is 991. The van der Waals surface area contributed by atoms with Gasteiger partial charge in [-0.1, -0.05) is 41.9 Å². The third-order valence-corrected chi connectivity index (χ3v) is 5.76. The first-order valence-corrected chi connectivity index (χ1v) is 10.6. The van der Waals surface area contributed by atoms with Crippen molar-refractivity contribution in [3.63, 3.8) is 0 Å². The van der Waals surface area contributed by atoms with Gasteiger partial charge in [0.1, 0.15) is 18.1 Å². The van der Waals surface area contributed by atoms with Gasteiger partial charge in [-0.2, -0.15) is 0 Å². The molecule has 1 aliphatic rings. The number of likely N-dealkylation sites (N-methyl/N-ethyl adjacent to an activating group) is 1. The third-order valence-electron chi connectivity index (χ3n) is 5.52. The van der Waals surface area contributed by atoms with Gasteiger partial charge in [-0.15, -0.1) is 0 Å². The number of halogens is 1. The van der Waals surface area contributed by atoms with E-state index in [1.807, 2.05) is 36.4 Å². The molecule has 5 heteroatoms. The van der Waals surface area contributed by atoms with Gasteiger partial charge in [0.25, 0.3) is 0 Å². The van der Waals surface area contributed by atoms with Gasteiger partial charge in [0.2, 0.25) is 0 Å². The Balaban J connectivity index is 1.46. The second kappa shape index (κ2) is 9.41. The maximum atomic E-state index is 6.34. The molecule has 0 bridgehead atoms. The molecule has 4 nitrogen and oxygen atoms in total. The number of anilines is 2. The normalized spacial score (nSPS) is 12.7. The lowest BCUT2D eigenvalue weighted by molar-refractivity contribution is 0.310. The monoisotopic (exact) mass is 422 g/mol. The molecule has 3 aromatic carbocycles. The van der Waals surface area contributed by atoms with E-state index in [1.165, 1.54) is 5.56 Å². The Kier molecular flexibility index (Phi) is 6.46. The molecule has 0 unspecified atom stereocenters. The Morgan fingerprint density at radius 1 is 1.00 bits per heavy atom. The van der Waals surface area contributed by atoms with Crippen molar-refractivity contribution in [2.75, 3.05) is 38.7 Å². The number of rotatable bonds is 7. The smallest absolute Gasteiger partial charge is 0.143 e. The van der Waals surface area contributed by atoms with E-state index in [1.54, 1.807) is 7.11 Å². The van der Waals surface area contributed by atoms with E-state index in [2.05, 4.69) is 47.2 Å². The van der Waals surface area contributed by atoms with Gasteiger partial charge >= 0.3 is 0 Å². The van der Waals surface area contributed by atoms with Crippen LogP contribution in [0.2, 0.25) is 5.02 Å². The van der Waals surface area contributed by atoms with Gasteiger partial charge in [-0.25, -0.2) is 0 Å². The molecule has 0 atom stereocenters. The Labute approximate surface area is 183 Å². The summed E-state index contributed by atoms with van der Waals surface area (Å²) in [4.78, 5) is 4.69. The fraction of sp³-hybridized carbons (Fsp3) is 0.280. The first-order valence-electron chi connectivity index (χ1n) is 10.2. The summed E-state index contributed by atoms with van der Waals surface area (Å²) in [5, 5.41) is 0.742. The van der Waals surface area contributed by atoms with Gasteiger partial charge in [0.05, 0.1) is 12.8 Å². The van der Waals surface area contributed by atoms with Crippen LogP contribution in [0.1, 0.15) is 11.1 Å². The van der Waals surface area contributed by atoms with Crippen molar-refractivity contribution in [1.82, 2.24) is 4.90 Å². The molecule has 0 aromatic heterocycles. The first-order chi connectivity index (χ1) is 14.6. The van der Waals surface area contributed by atoms with Crippen LogP contribution in [0.15, 0.2) is 66.7 Å². The number of nitrogens with zero attached hydrogens (tertiary/aromatic N) is 2. The van der Waals surface area contributed by atoms with E-state index in [-0.39, 0.29) is 0 Å². The minimum atomic E-state index is 0.549. The van der Waals surface area contributed by atoms with Crippen LogP contribution >= 0.6 is 11.6 Å². The molecule has 1 aliphatic heterocycles. The van der Waals surface area contributed by atoms with E-state index in [0.29, 0.717) is 6.61 Å². The summed E-state index contributed by atoms with van der Waals surface area (Å²) in [6.07, 6.45) is 1.00. The number of benzene rings is 3. The molecule has 1 heterocycles. The van der Waals surface area contributed by atoms with Crippen molar-refractivity contribution in [3.05, 3.63) is 82.9 Å². The summed E-state index contributed by atoms with van der Waals surface area (Å²) in [5.74, 6) is 1.80. The molecular formula is C25H27ClN2O2. The average Bonchev–Trinajstić information content (AvgIpc) is 2.93. The largest absolute Gasteiger partial charge is 0.497 e. The standard InChI is InChI=1S/C25H27ClN2O2/c1-27(14-13-19-7-11-22(29-2)12-8-19)15-16-28-23-5-3-4-6-25(23)30-18-20-9-10-21(26)17-24(20)28/h3-12,17H,13-16,18H2,1-2H3.